The first-order valence-corrected chi connectivity index (χ1v) is 11.4. The molecule has 5 nitrogen and oxygen atoms in total. The minimum Gasteiger partial charge on any atom is -0.454 e. The van der Waals surface area contributed by atoms with E-state index in [2.05, 4.69) is 20.3 Å². The molecule has 2 aliphatic rings. The number of nitrogens with zero attached hydrogens (tertiary/aromatic N) is 3. The molecule has 0 amide bonds. The van der Waals surface area contributed by atoms with Crippen molar-refractivity contribution in [3.63, 3.8) is 0 Å². The largest absolute Gasteiger partial charge is 0.454 e. The molecule has 11 heteroatoms. The Labute approximate surface area is 193 Å². The van der Waals surface area contributed by atoms with Crippen molar-refractivity contribution in [3.05, 3.63) is 41.2 Å². The summed E-state index contributed by atoms with van der Waals surface area (Å²) in [5.41, 5.74) is -0.231. The van der Waals surface area contributed by atoms with E-state index in [4.69, 9.17) is 4.74 Å². The summed E-state index contributed by atoms with van der Waals surface area (Å²) in [7, 11) is 0. The van der Waals surface area contributed by atoms with E-state index >= 15 is 0 Å². The third-order valence-corrected chi connectivity index (χ3v) is 6.63. The van der Waals surface area contributed by atoms with Crippen molar-refractivity contribution in [1.82, 2.24) is 15.0 Å². The second kappa shape index (κ2) is 9.95. The lowest BCUT2D eigenvalue weighted by molar-refractivity contribution is -0.154. The molecule has 3 unspecified atom stereocenters. The molecular formula is C23H26F6N4O. The van der Waals surface area contributed by atoms with Crippen LogP contribution in [0.15, 0.2) is 24.3 Å². The number of hydrogen-bond acceptors (Lipinski definition) is 5. The second-order valence-corrected chi connectivity index (χ2v) is 9.14. The van der Waals surface area contributed by atoms with Crippen molar-refractivity contribution < 1.29 is 31.1 Å². The number of alkyl halides is 6. The van der Waals surface area contributed by atoms with Crippen molar-refractivity contribution in [3.8, 4) is 6.01 Å². The van der Waals surface area contributed by atoms with E-state index in [0.29, 0.717) is 29.6 Å². The highest BCUT2D eigenvalue weighted by atomic mass is 19.4. The van der Waals surface area contributed by atoms with Gasteiger partial charge in [0.05, 0.1) is 5.56 Å². The zero-order chi connectivity index (χ0) is 24.3. The quantitative estimate of drug-likeness (QED) is 0.470. The smallest absolute Gasteiger partial charge is 0.422 e. The van der Waals surface area contributed by atoms with Crippen molar-refractivity contribution >= 4 is 5.95 Å². The Hall–Kier alpha value is -2.59. The number of rotatable bonds is 7. The summed E-state index contributed by atoms with van der Waals surface area (Å²) in [6.07, 6.45) is -1.47. The van der Waals surface area contributed by atoms with E-state index in [1.807, 2.05) is 0 Å². The van der Waals surface area contributed by atoms with E-state index in [0.717, 1.165) is 37.3 Å². The summed E-state index contributed by atoms with van der Waals surface area (Å²) in [5, 5.41) is 2.87. The van der Waals surface area contributed by atoms with Crippen LogP contribution < -0.4 is 10.1 Å². The average molecular weight is 488 g/mol. The first kappa shape index (κ1) is 24.5. The van der Waals surface area contributed by atoms with Gasteiger partial charge in [-0.2, -0.15) is 41.3 Å². The van der Waals surface area contributed by atoms with Gasteiger partial charge < -0.3 is 10.1 Å². The fourth-order valence-electron chi connectivity index (χ4n) is 5.02. The Morgan fingerprint density at radius 2 is 1.62 bits per heavy atom. The molecule has 0 saturated heterocycles. The maximum Gasteiger partial charge on any atom is 0.422 e. The average Bonchev–Trinajstić information content (AvgIpc) is 3.23. The Morgan fingerprint density at radius 1 is 0.882 bits per heavy atom. The van der Waals surface area contributed by atoms with Crippen LogP contribution in [-0.2, 0) is 19.1 Å². The number of hydrogen-bond donors (Lipinski definition) is 1. The van der Waals surface area contributed by atoms with E-state index in [1.54, 1.807) is 0 Å². The summed E-state index contributed by atoms with van der Waals surface area (Å²) < 4.78 is 80.9. The van der Waals surface area contributed by atoms with Crippen LogP contribution in [-0.4, -0.2) is 27.7 Å². The summed E-state index contributed by atoms with van der Waals surface area (Å²) in [4.78, 5) is 12.4. The van der Waals surface area contributed by atoms with Crippen molar-refractivity contribution in [2.75, 3.05) is 11.9 Å². The highest BCUT2D eigenvalue weighted by Gasteiger charge is 2.34. The zero-order valence-corrected chi connectivity index (χ0v) is 18.4. The van der Waals surface area contributed by atoms with Crippen LogP contribution in [0.2, 0.25) is 0 Å². The molecule has 0 radical (unpaired) electrons. The molecule has 1 heterocycles. The Morgan fingerprint density at radius 3 is 2.32 bits per heavy atom. The standard InChI is InChI=1S/C23H26F6N4O/c24-22(25,26)13-34-21-32-19(11-15-4-7-16-2-1-3-17(16)10-15)31-20(33-21)30-12-14-5-8-18(9-6-14)23(27,28)29/h5-6,8-9,15-17H,1-4,7,10-13H2,(H,30,31,32,33). The molecule has 1 aromatic heterocycles. The lowest BCUT2D eigenvalue weighted by Crippen LogP contribution is -2.24. The minimum atomic E-state index is -4.54. The van der Waals surface area contributed by atoms with Gasteiger partial charge in [-0.15, -0.1) is 0 Å². The number of fused-ring (bicyclic) bond motifs is 1. The van der Waals surface area contributed by atoms with E-state index in [-0.39, 0.29) is 12.5 Å². The summed E-state index contributed by atoms with van der Waals surface area (Å²) in [6, 6.07) is 4.14. The van der Waals surface area contributed by atoms with Gasteiger partial charge in [0.2, 0.25) is 5.95 Å². The Bertz CT molecular complexity index is 963. The van der Waals surface area contributed by atoms with Crippen LogP contribution in [0.4, 0.5) is 32.3 Å². The van der Waals surface area contributed by atoms with Gasteiger partial charge in [-0.3, -0.25) is 0 Å². The molecule has 2 aliphatic carbocycles. The number of halogens is 6. The number of ether oxygens (including phenoxy) is 1. The maximum absolute atomic E-state index is 12.7. The Balaban J connectivity index is 1.45. The van der Waals surface area contributed by atoms with Gasteiger partial charge in [0.15, 0.2) is 6.61 Å². The number of aromatic nitrogens is 3. The highest BCUT2D eigenvalue weighted by Crippen LogP contribution is 2.44. The van der Waals surface area contributed by atoms with Gasteiger partial charge in [-0.05, 0) is 54.7 Å². The molecule has 3 atom stereocenters. The number of benzene rings is 1. The Kier molecular flexibility index (Phi) is 7.18. The molecule has 1 aromatic carbocycles. The summed E-state index contributed by atoms with van der Waals surface area (Å²) >= 11 is 0. The van der Waals surface area contributed by atoms with E-state index < -0.39 is 30.5 Å². The van der Waals surface area contributed by atoms with Gasteiger partial charge in [0.1, 0.15) is 5.82 Å². The molecule has 34 heavy (non-hydrogen) atoms. The SMILES string of the molecule is FC(F)(F)COc1nc(CC2CCC3CCCC3C2)nc(NCc2ccc(C(F)(F)F)cc2)n1. The number of nitrogens with one attached hydrogen (secondary N) is 1. The van der Waals surface area contributed by atoms with E-state index in [1.165, 1.54) is 31.4 Å². The van der Waals surface area contributed by atoms with Gasteiger partial charge >= 0.3 is 18.4 Å². The summed E-state index contributed by atoms with van der Waals surface area (Å²) in [5.74, 6) is 2.19. The van der Waals surface area contributed by atoms with Crippen LogP contribution in [0.5, 0.6) is 6.01 Å². The molecule has 0 aliphatic heterocycles. The lowest BCUT2D eigenvalue weighted by atomic mass is 9.75. The van der Waals surface area contributed by atoms with Crippen molar-refractivity contribution in [2.24, 2.45) is 17.8 Å². The molecule has 2 fully saturated rings. The third-order valence-electron chi connectivity index (χ3n) is 6.63. The lowest BCUT2D eigenvalue weighted by Gasteiger charge is -2.31. The monoisotopic (exact) mass is 488 g/mol. The molecule has 1 N–H and O–H groups in total. The molecule has 4 rings (SSSR count). The fourth-order valence-corrected chi connectivity index (χ4v) is 5.02. The highest BCUT2D eigenvalue weighted by molar-refractivity contribution is 5.31. The minimum absolute atomic E-state index is 0.0247. The topological polar surface area (TPSA) is 59.9 Å². The van der Waals surface area contributed by atoms with Crippen LogP contribution in [0.3, 0.4) is 0 Å². The summed E-state index contributed by atoms with van der Waals surface area (Å²) in [6.45, 7) is -1.44. The molecule has 2 saturated carbocycles. The fraction of sp³-hybridized carbons (Fsp3) is 0.609. The molecular weight excluding hydrogens is 462 g/mol. The third kappa shape index (κ3) is 6.73. The zero-order valence-electron chi connectivity index (χ0n) is 18.4. The van der Waals surface area contributed by atoms with Crippen molar-refractivity contribution in [2.45, 2.75) is 63.8 Å². The first-order valence-electron chi connectivity index (χ1n) is 11.4. The van der Waals surface area contributed by atoms with Gasteiger partial charge in [-0.25, -0.2) is 0 Å². The van der Waals surface area contributed by atoms with Crippen LogP contribution in [0.1, 0.15) is 55.5 Å². The first-order chi connectivity index (χ1) is 16.0. The predicted molar refractivity (Wildman–Crippen MR) is 112 cm³/mol. The normalized spacial score (nSPS) is 22.9. The van der Waals surface area contributed by atoms with Gasteiger partial charge in [-0.1, -0.05) is 31.4 Å². The molecule has 186 valence electrons. The second-order valence-electron chi connectivity index (χ2n) is 9.14. The van der Waals surface area contributed by atoms with E-state index in [9.17, 15) is 26.3 Å². The molecule has 2 aromatic rings. The van der Waals surface area contributed by atoms with Gasteiger partial charge in [0.25, 0.3) is 0 Å². The van der Waals surface area contributed by atoms with Crippen LogP contribution >= 0.6 is 0 Å². The predicted octanol–water partition coefficient (Wildman–Crippen LogP) is 6.20. The van der Waals surface area contributed by atoms with Crippen LogP contribution in [0.25, 0.3) is 0 Å². The van der Waals surface area contributed by atoms with Gasteiger partial charge in [0, 0.05) is 13.0 Å². The molecule has 0 spiro atoms. The number of anilines is 1. The van der Waals surface area contributed by atoms with Crippen LogP contribution in [0, 0.1) is 17.8 Å². The van der Waals surface area contributed by atoms with Crippen molar-refractivity contribution in [1.29, 1.82) is 0 Å². The molecule has 0 bridgehead atoms. The maximum atomic E-state index is 12.7.